The first-order valence-corrected chi connectivity index (χ1v) is 6.09. The van der Waals surface area contributed by atoms with Crippen molar-refractivity contribution in [3.8, 4) is 11.5 Å². The van der Waals surface area contributed by atoms with Crippen molar-refractivity contribution in [2.45, 2.75) is 25.9 Å². The Hall–Kier alpha value is -2.42. The highest BCUT2D eigenvalue weighted by molar-refractivity contribution is 5.66. The van der Waals surface area contributed by atoms with Gasteiger partial charge in [-0.1, -0.05) is 18.5 Å². The molecule has 0 bridgehead atoms. The van der Waals surface area contributed by atoms with Crippen molar-refractivity contribution in [3.63, 3.8) is 0 Å². The number of nitro benzene ring substituents is 1. The van der Waals surface area contributed by atoms with Crippen LogP contribution in [0.2, 0.25) is 0 Å². The van der Waals surface area contributed by atoms with Crippen LogP contribution in [0.3, 0.4) is 0 Å². The van der Waals surface area contributed by atoms with E-state index in [9.17, 15) is 24.0 Å². The lowest BCUT2D eigenvalue weighted by Gasteiger charge is -2.01. The topological polar surface area (TPSA) is 102 Å². The van der Waals surface area contributed by atoms with E-state index in [1.165, 1.54) is 0 Å². The summed E-state index contributed by atoms with van der Waals surface area (Å²) in [5.41, 5.74) is -1.05. The highest BCUT2D eigenvalue weighted by Crippen LogP contribution is 2.31. The maximum atomic E-state index is 13.3. The summed E-state index contributed by atoms with van der Waals surface area (Å²) in [6.07, 6.45) is 0.0479. The van der Waals surface area contributed by atoms with Gasteiger partial charge in [0.2, 0.25) is 5.82 Å². The molecule has 1 unspecified atom stereocenters. The van der Waals surface area contributed by atoms with Gasteiger partial charge in [-0.2, -0.15) is 4.98 Å². The van der Waals surface area contributed by atoms with Crippen molar-refractivity contribution >= 4 is 5.69 Å². The molecule has 0 fully saturated rings. The molecule has 0 radical (unpaired) electrons. The Labute approximate surface area is 117 Å². The molecule has 0 saturated heterocycles. The van der Waals surface area contributed by atoms with Crippen LogP contribution in [0, 0.1) is 21.7 Å². The standard InChI is InChI=1S/C12H11F2N3O4/c1-2-3-10(18)11-15-12(21-16-11)6-4-7(13)8(14)5-9(6)17(19)20/h4-5,10,18H,2-3H2,1H3. The highest BCUT2D eigenvalue weighted by atomic mass is 19.2. The first kappa shape index (κ1) is 15.0. The minimum atomic E-state index is -1.35. The van der Waals surface area contributed by atoms with Crippen LogP contribution in [0.1, 0.15) is 31.7 Å². The summed E-state index contributed by atoms with van der Waals surface area (Å²) in [7, 11) is 0. The first-order chi connectivity index (χ1) is 9.93. The largest absolute Gasteiger partial charge is 0.385 e. The number of nitro groups is 1. The fourth-order valence-corrected chi connectivity index (χ4v) is 1.74. The van der Waals surface area contributed by atoms with Crippen molar-refractivity contribution in [3.05, 3.63) is 39.7 Å². The second kappa shape index (κ2) is 5.92. The van der Waals surface area contributed by atoms with Crippen LogP contribution >= 0.6 is 0 Å². The number of nitrogens with zero attached hydrogens (tertiary/aromatic N) is 3. The van der Waals surface area contributed by atoms with Gasteiger partial charge in [-0.25, -0.2) is 8.78 Å². The monoisotopic (exact) mass is 299 g/mol. The van der Waals surface area contributed by atoms with E-state index in [4.69, 9.17) is 4.52 Å². The molecule has 7 nitrogen and oxygen atoms in total. The lowest BCUT2D eigenvalue weighted by atomic mass is 10.1. The first-order valence-electron chi connectivity index (χ1n) is 6.09. The number of aliphatic hydroxyl groups is 1. The van der Waals surface area contributed by atoms with E-state index in [1.807, 2.05) is 6.92 Å². The normalized spacial score (nSPS) is 12.4. The predicted octanol–water partition coefficient (Wildman–Crippen LogP) is 2.76. The number of rotatable bonds is 5. The van der Waals surface area contributed by atoms with Gasteiger partial charge < -0.3 is 9.63 Å². The average Bonchev–Trinajstić information content (AvgIpc) is 2.91. The summed E-state index contributed by atoms with van der Waals surface area (Å²) in [4.78, 5) is 13.8. The molecule has 1 N–H and O–H groups in total. The molecule has 0 spiro atoms. The molecule has 2 aromatic rings. The molecule has 112 valence electrons. The van der Waals surface area contributed by atoms with Crippen molar-refractivity contribution < 1.29 is 23.3 Å². The fourth-order valence-electron chi connectivity index (χ4n) is 1.74. The third-order valence-electron chi connectivity index (χ3n) is 2.77. The van der Waals surface area contributed by atoms with Crippen molar-refractivity contribution in [1.29, 1.82) is 0 Å². The zero-order valence-corrected chi connectivity index (χ0v) is 10.9. The summed E-state index contributed by atoms with van der Waals surface area (Å²) in [5.74, 6) is -3.04. The van der Waals surface area contributed by atoms with Crippen LogP contribution in [0.15, 0.2) is 16.7 Å². The Morgan fingerprint density at radius 1 is 1.43 bits per heavy atom. The van der Waals surface area contributed by atoms with Gasteiger partial charge in [0.25, 0.3) is 11.6 Å². The van der Waals surface area contributed by atoms with E-state index in [1.54, 1.807) is 0 Å². The summed E-state index contributed by atoms with van der Waals surface area (Å²) in [6.45, 7) is 1.84. The van der Waals surface area contributed by atoms with Crippen LogP contribution in [0.4, 0.5) is 14.5 Å². The molecule has 9 heteroatoms. The van der Waals surface area contributed by atoms with E-state index >= 15 is 0 Å². The van der Waals surface area contributed by atoms with E-state index in [-0.39, 0.29) is 17.3 Å². The molecule has 0 saturated carbocycles. The molecule has 0 aliphatic heterocycles. The van der Waals surface area contributed by atoms with Crippen LogP contribution < -0.4 is 0 Å². The van der Waals surface area contributed by atoms with Gasteiger partial charge in [0.15, 0.2) is 11.6 Å². The number of halogens is 2. The van der Waals surface area contributed by atoms with E-state index < -0.39 is 28.3 Å². The van der Waals surface area contributed by atoms with Gasteiger partial charge in [0.1, 0.15) is 11.7 Å². The Morgan fingerprint density at radius 2 is 2.10 bits per heavy atom. The summed E-state index contributed by atoms with van der Waals surface area (Å²) < 4.78 is 31.1. The van der Waals surface area contributed by atoms with Crippen LogP contribution in [-0.2, 0) is 0 Å². The average molecular weight is 299 g/mol. The fraction of sp³-hybridized carbons (Fsp3) is 0.333. The highest BCUT2D eigenvalue weighted by Gasteiger charge is 2.25. The maximum absolute atomic E-state index is 13.3. The number of benzene rings is 1. The zero-order chi connectivity index (χ0) is 15.6. The minimum Gasteiger partial charge on any atom is -0.385 e. The Bertz CT molecular complexity index is 675. The van der Waals surface area contributed by atoms with Gasteiger partial charge >= 0.3 is 0 Å². The Balaban J connectivity index is 2.47. The summed E-state index contributed by atoms with van der Waals surface area (Å²) >= 11 is 0. The molecule has 1 aromatic carbocycles. The van der Waals surface area contributed by atoms with Gasteiger partial charge in [-0.15, -0.1) is 0 Å². The molecule has 1 atom stereocenters. The van der Waals surface area contributed by atoms with E-state index in [0.29, 0.717) is 25.0 Å². The summed E-state index contributed by atoms with van der Waals surface area (Å²) in [5, 5.41) is 24.1. The lowest BCUT2D eigenvalue weighted by Crippen LogP contribution is -1.99. The third-order valence-corrected chi connectivity index (χ3v) is 2.77. The number of aliphatic hydroxyl groups excluding tert-OH is 1. The Morgan fingerprint density at radius 3 is 2.71 bits per heavy atom. The van der Waals surface area contributed by atoms with Crippen LogP contribution in [0.25, 0.3) is 11.5 Å². The smallest absolute Gasteiger partial charge is 0.285 e. The van der Waals surface area contributed by atoms with Crippen molar-refractivity contribution in [1.82, 2.24) is 10.1 Å². The molecule has 2 rings (SSSR count). The number of hydrogen-bond acceptors (Lipinski definition) is 6. The van der Waals surface area contributed by atoms with Gasteiger partial charge in [0.05, 0.1) is 11.0 Å². The molecular weight excluding hydrogens is 288 g/mol. The van der Waals surface area contributed by atoms with E-state index in [0.717, 1.165) is 0 Å². The molecule has 0 amide bonds. The van der Waals surface area contributed by atoms with Gasteiger partial charge in [0, 0.05) is 0 Å². The summed E-state index contributed by atoms with van der Waals surface area (Å²) in [6, 6.07) is 1.05. The minimum absolute atomic E-state index is 0.0640. The maximum Gasteiger partial charge on any atom is 0.285 e. The molecule has 0 aliphatic rings. The van der Waals surface area contributed by atoms with Crippen molar-refractivity contribution in [2.24, 2.45) is 0 Å². The van der Waals surface area contributed by atoms with E-state index in [2.05, 4.69) is 10.1 Å². The van der Waals surface area contributed by atoms with Crippen molar-refractivity contribution in [2.75, 3.05) is 0 Å². The number of aromatic nitrogens is 2. The SMILES string of the molecule is CCCC(O)c1noc(-c2cc(F)c(F)cc2[N+](=O)[O-])n1. The zero-order valence-electron chi connectivity index (χ0n) is 10.9. The lowest BCUT2D eigenvalue weighted by molar-refractivity contribution is -0.384. The molecule has 1 heterocycles. The van der Waals surface area contributed by atoms with Gasteiger partial charge in [-0.05, 0) is 12.5 Å². The molecule has 21 heavy (non-hydrogen) atoms. The van der Waals surface area contributed by atoms with Crippen LogP contribution in [-0.4, -0.2) is 20.2 Å². The number of hydrogen-bond donors (Lipinski definition) is 1. The quantitative estimate of drug-likeness (QED) is 0.672. The Kier molecular flexibility index (Phi) is 4.22. The van der Waals surface area contributed by atoms with Crippen LogP contribution in [0.5, 0.6) is 0 Å². The second-order valence-electron chi connectivity index (χ2n) is 4.30. The molecule has 0 aliphatic carbocycles. The molecular formula is C12H11F2N3O4. The molecule has 1 aromatic heterocycles. The third kappa shape index (κ3) is 3.02. The second-order valence-corrected chi connectivity index (χ2v) is 4.30. The van der Waals surface area contributed by atoms with Gasteiger partial charge in [-0.3, -0.25) is 10.1 Å². The predicted molar refractivity (Wildman–Crippen MR) is 66.2 cm³/mol.